The molecule has 16 heavy (non-hydrogen) atoms. The van der Waals surface area contributed by atoms with Crippen LogP contribution in [0.2, 0.25) is 0 Å². The minimum atomic E-state index is -2.93. The van der Waals surface area contributed by atoms with Gasteiger partial charge in [-0.1, -0.05) is 6.07 Å². The van der Waals surface area contributed by atoms with E-state index in [1.807, 2.05) is 7.05 Å². The van der Waals surface area contributed by atoms with Crippen LogP contribution in [0.25, 0.3) is 0 Å². The third-order valence-electron chi connectivity index (χ3n) is 3.06. The van der Waals surface area contributed by atoms with Crippen molar-refractivity contribution in [2.75, 3.05) is 25.1 Å². The summed E-state index contributed by atoms with van der Waals surface area (Å²) in [5.74, 6) is -2.93. The highest BCUT2D eigenvalue weighted by molar-refractivity contribution is 5.58. The Labute approximate surface area is 93.5 Å². The predicted octanol–water partition coefficient (Wildman–Crippen LogP) is 2.15. The van der Waals surface area contributed by atoms with Crippen molar-refractivity contribution in [3.63, 3.8) is 0 Å². The average Bonchev–Trinajstić information content (AvgIpc) is 2.60. The molecule has 0 spiro atoms. The molecule has 0 aliphatic carbocycles. The fraction of sp³-hybridized carbons (Fsp3) is 0.500. The van der Waals surface area contributed by atoms with Crippen LogP contribution in [-0.2, 0) is 12.3 Å². The molecular formula is C12H15F2NO. The monoisotopic (exact) mass is 227 g/mol. The molecule has 1 aliphatic rings. The van der Waals surface area contributed by atoms with Crippen LogP contribution in [-0.4, -0.2) is 25.3 Å². The van der Waals surface area contributed by atoms with Gasteiger partial charge >= 0.3 is 0 Å². The molecule has 0 atom stereocenters. The number of anilines is 1. The average molecular weight is 227 g/mol. The summed E-state index contributed by atoms with van der Waals surface area (Å²) in [4.78, 5) is 2.06. The summed E-state index contributed by atoms with van der Waals surface area (Å²) >= 11 is 0. The molecule has 0 saturated heterocycles. The van der Waals surface area contributed by atoms with Crippen LogP contribution in [0.4, 0.5) is 14.5 Å². The van der Waals surface area contributed by atoms with Crippen LogP contribution in [0.15, 0.2) is 18.2 Å². The smallest absolute Gasteiger partial charge is 0.275 e. The Kier molecular flexibility index (Phi) is 2.84. The summed E-state index contributed by atoms with van der Waals surface area (Å²) in [6, 6.07) is 4.76. The summed E-state index contributed by atoms with van der Waals surface area (Å²) in [5.41, 5.74) is 2.01. The lowest BCUT2D eigenvalue weighted by Gasteiger charge is -2.17. The Hall–Kier alpha value is -1.16. The molecule has 0 bridgehead atoms. The number of likely N-dealkylation sites (N-methyl/N-ethyl adjacent to an activating group) is 1. The zero-order chi connectivity index (χ0) is 11.8. The number of aliphatic hydroxyl groups excluding tert-OH is 1. The van der Waals surface area contributed by atoms with Gasteiger partial charge in [0.25, 0.3) is 5.92 Å². The number of aliphatic hydroxyl groups is 1. The van der Waals surface area contributed by atoms with E-state index in [4.69, 9.17) is 5.11 Å². The van der Waals surface area contributed by atoms with Gasteiger partial charge < -0.3 is 10.0 Å². The first-order valence-corrected chi connectivity index (χ1v) is 5.38. The fourth-order valence-corrected chi connectivity index (χ4v) is 2.08. The molecule has 1 N–H and O–H groups in total. The quantitative estimate of drug-likeness (QED) is 0.855. The van der Waals surface area contributed by atoms with Crippen molar-refractivity contribution in [2.45, 2.75) is 18.8 Å². The van der Waals surface area contributed by atoms with Crippen molar-refractivity contribution in [3.8, 4) is 0 Å². The van der Waals surface area contributed by atoms with Gasteiger partial charge in [0.15, 0.2) is 0 Å². The van der Waals surface area contributed by atoms with Gasteiger partial charge in [-0.05, 0) is 24.1 Å². The van der Waals surface area contributed by atoms with E-state index in [2.05, 4.69) is 4.90 Å². The lowest BCUT2D eigenvalue weighted by Crippen LogP contribution is -2.15. The molecule has 0 amide bonds. The van der Waals surface area contributed by atoms with Gasteiger partial charge in [-0.25, -0.2) is 8.78 Å². The second kappa shape index (κ2) is 4.01. The van der Waals surface area contributed by atoms with Crippen LogP contribution in [0.1, 0.15) is 17.5 Å². The van der Waals surface area contributed by atoms with E-state index < -0.39 is 19.0 Å². The molecule has 4 heteroatoms. The zero-order valence-corrected chi connectivity index (χ0v) is 9.21. The number of halogens is 2. The maximum absolute atomic E-state index is 13.5. The van der Waals surface area contributed by atoms with Gasteiger partial charge in [0.2, 0.25) is 0 Å². The van der Waals surface area contributed by atoms with Crippen molar-refractivity contribution in [3.05, 3.63) is 29.3 Å². The van der Waals surface area contributed by atoms with E-state index in [9.17, 15) is 8.78 Å². The third-order valence-corrected chi connectivity index (χ3v) is 3.06. The van der Waals surface area contributed by atoms with Crippen LogP contribution in [0.3, 0.4) is 0 Å². The fourth-order valence-electron chi connectivity index (χ4n) is 2.08. The molecule has 0 aromatic heterocycles. The topological polar surface area (TPSA) is 23.5 Å². The van der Waals surface area contributed by atoms with Gasteiger partial charge in [0.1, 0.15) is 0 Å². The number of hydrogen-bond donors (Lipinski definition) is 1. The predicted molar refractivity (Wildman–Crippen MR) is 59.0 cm³/mol. The van der Waals surface area contributed by atoms with Crippen molar-refractivity contribution >= 4 is 5.69 Å². The Morgan fingerprint density at radius 3 is 2.88 bits per heavy atom. The van der Waals surface area contributed by atoms with Gasteiger partial charge in [-0.15, -0.1) is 0 Å². The SMILES string of the molecule is CN1CCc2cc(C(F)(F)CCO)ccc21. The first-order chi connectivity index (χ1) is 7.54. The van der Waals surface area contributed by atoms with Crippen LogP contribution in [0, 0.1) is 0 Å². The molecule has 1 aromatic rings. The highest BCUT2D eigenvalue weighted by Crippen LogP contribution is 2.36. The second-order valence-electron chi connectivity index (χ2n) is 4.19. The van der Waals surface area contributed by atoms with Crippen molar-refractivity contribution < 1.29 is 13.9 Å². The minimum absolute atomic E-state index is 0.00981. The van der Waals surface area contributed by atoms with Gasteiger partial charge in [0, 0.05) is 37.9 Å². The molecule has 1 aliphatic heterocycles. The van der Waals surface area contributed by atoms with Crippen LogP contribution >= 0.6 is 0 Å². The Bertz CT molecular complexity index is 393. The van der Waals surface area contributed by atoms with Gasteiger partial charge in [0.05, 0.1) is 0 Å². The highest BCUT2D eigenvalue weighted by atomic mass is 19.3. The third kappa shape index (κ3) is 1.89. The lowest BCUT2D eigenvalue weighted by molar-refractivity contribution is -0.0269. The highest BCUT2D eigenvalue weighted by Gasteiger charge is 2.32. The molecule has 0 radical (unpaired) electrons. The zero-order valence-electron chi connectivity index (χ0n) is 9.21. The summed E-state index contributed by atoms with van der Waals surface area (Å²) in [7, 11) is 1.96. The van der Waals surface area contributed by atoms with Crippen LogP contribution < -0.4 is 4.90 Å². The minimum Gasteiger partial charge on any atom is -0.396 e. The van der Waals surface area contributed by atoms with Gasteiger partial charge in [-0.3, -0.25) is 0 Å². The van der Waals surface area contributed by atoms with Gasteiger partial charge in [-0.2, -0.15) is 0 Å². The molecule has 0 unspecified atom stereocenters. The maximum atomic E-state index is 13.5. The summed E-state index contributed by atoms with van der Waals surface area (Å²) < 4.78 is 27.1. The van der Waals surface area contributed by atoms with E-state index in [0.29, 0.717) is 0 Å². The van der Waals surface area contributed by atoms with E-state index in [0.717, 1.165) is 24.2 Å². The summed E-state index contributed by atoms with van der Waals surface area (Å²) in [5, 5.41) is 8.61. The number of rotatable bonds is 3. The summed E-state index contributed by atoms with van der Waals surface area (Å²) in [6.45, 7) is 0.383. The van der Waals surface area contributed by atoms with Crippen molar-refractivity contribution in [1.82, 2.24) is 0 Å². The molecule has 88 valence electrons. The molecule has 2 nitrogen and oxygen atoms in total. The van der Waals surface area contributed by atoms with E-state index >= 15 is 0 Å². The summed E-state index contributed by atoms with van der Waals surface area (Å²) in [6.07, 6.45) is 0.302. The maximum Gasteiger partial charge on any atom is 0.275 e. The molecule has 2 rings (SSSR count). The van der Waals surface area contributed by atoms with E-state index in [-0.39, 0.29) is 5.56 Å². The van der Waals surface area contributed by atoms with Crippen LogP contribution in [0.5, 0.6) is 0 Å². The Balaban J connectivity index is 2.32. The largest absolute Gasteiger partial charge is 0.396 e. The molecule has 0 fully saturated rings. The normalized spacial score (nSPS) is 15.4. The number of alkyl halides is 2. The Morgan fingerprint density at radius 2 is 2.19 bits per heavy atom. The number of nitrogens with zero attached hydrogens (tertiary/aromatic N) is 1. The lowest BCUT2D eigenvalue weighted by atomic mass is 10.0. The molecule has 0 saturated carbocycles. The molecular weight excluding hydrogens is 212 g/mol. The van der Waals surface area contributed by atoms with E-state index in [1.54, 1.807) is 12.1 Å². The molecule has 1 aromatic carbocycles. The number of benzene rings is 1. The first kappa shape index (κ1) is 11.3. The van der Waals surface area contributed by atoms with Crippen molar-refractivity contribution in [1.29, 1.82) is 0 Å². The van der Waals surface area contributed by atoms with E-state index in [1.165, 1.54) is 6.07 Å². The Morgan fingerprint density at radius 1 is 1.44 bits per heavy atom. The molecule has 1 heterocycles. The first-order valence-electron chi connectivity index (χ1n) is 5.38. The number of fused-ring (bicyclic) bond motifs is 1. The van der Waals surface area contributed by atoms with Crippen molar-refractivity contribution in [2.24, 2.45) is 0 Å². The second-order valence-corrected chi connectivity index (χ2v) is 4.19. The number of hydrogen-bond acceptors (Lipinski definition) is 2. The standard InChI is InChI=1S/C12H15F2NO/c1-15-6-4-9-8-10(2-3-11(9)15)12(13,14)5-7-16/h2-3,8,16H,4-7H2,1H3.